The van der Waals surface area contributed by atoms with Gasteiger partial charge in [-0.15, -0.1) is 11.3 Å². The number of carbonyl (C=O) groups is 1. The van der Waals surface area contributed by atoms with Crippen molar-refractivity contribution in [2.75, 3.05) is 12.9 Å². The summed E-state index contributed by atoms with van der Waals surface area (Å²) in [6.07, 6.45) is 1.91. The Morgan fingerprint density at radius 2 is 2.40 bits per heavy atom. The molecule has 0 aromatic carbocycles. The van der Waals surface area contributed by atoms with Crippen LogP contribution < -0.4 is 5.32 Å². The van der Waals surface area contributed by atoms with Crippen LogP contribution in [0.25, 0.3) is 0 Å². The number of aliphatic hydroxyl groups excluding tert-OH is 1. The molecular weight excluding hydrogens is 232 g/mol. The molecule has 0 aliphatic carbocycles. The fraction of sp³-hybridized carbons (Fsp3) is 0.556. The Morgan fingerprint density at radius 1 is 1.73 bits per heavy atom. The molecule has 84 valence electrons. The molecule has 4 nitrogen and oxygen atoms in total. The number of carbonyl (C=O) groups excluding carboxylic acids is 1. The van der Waals surface area contributed by atoms with E-state index < -0.39 is 5.54 Å². The number of thioether (sulfide) groups is 1. The maximum absolute atomic E-state index is 11.7. The van der Waals surface area contributed by atoms with Gasteiger partial charge in [-0.2, -0.15) is 0 Å². The number of amides is 1. The van der Waals surface area contributed by atoms with Gasteiger partial charge in [0.2, 0.25) is 0 Å². The van der Waals surface area contributed by atoms with Crippen molar-refractivity contribution in [1.29, 1.82) is 0 Å². The lowest BCUT2D eigenvalue weighted by Gasteiger charge is -2.22. The number of nitrogens with zero attached hydrogens (tertiary/aromatic N) is 1. The fourth-order valence-corrected chi connectivity index (χ4v) is 2.11. The number of aromatic nitrogens is 1. The first-order chi connectivity index (χ1) is 6.98. The zero-order valence-electron chi connectivity index (χ0n) is 8.90. The molecule has 1 amide bonds. The fourth-order valence-electron chi connectivity index (χ4n) is 0.866. The molecule has 1 rings (SSSR count). The molecular formula is C9H14N2O2S2. The zero-order chi connectivity index (χ0) is 11.5. The van der Waals surface area contributed by atoms with Gasteiger partial charge in [0.1, 0.15) is 10.0 Å². The van der Waals surface area contributed by atoms with Gasteiger partial charge in [0.05, 0.1) is 12.1 Å². The van der Waals surface area contributed by atoms with E-state index in [0.29, 0.717) is 5.69 Å². The molecule has 0 fully saturated rings. The van der Waals surface area contributed by atoms with Crippen molar-refractivity contribution in [1.82, 2.24) is 10.3 Å². The van der Waals surface area contributed by atoms with E-state index in [0.717, 1.165) is 4.34 Å². The summed E-state index contributed by atoms with van der Waals surface area (Å²) in [6, 6.07) is 0. The highest BCUT2D eigenvalue weighted by molar-refractivity contribution is 8.00. The van der Waals surface area contributed by atoms with Crippen LogP contribution >= 0.6 is 23.1 Å². The van der Waals surface area contributed by atoms with Crippen LogP contribution in [-0.2, 0) is 0 Å². The second-order valence-electron chi connectivity index (χ2n) is 3.70. The van der Waals surface area contributed by atoms with Crippen molar-refractivity contribution in [2.45, 2.75) is 23.7 Å². The lowest BCUT2D eigenvalue weighted by molar-refractivity contribution is 0.0864. The Bertz CT molecular complexity index is 350. The minimum Gasteiger partial charge on any atom is -0.394 e. The highest BCUT2D eigenvalue weighted by atomic mass is 32.2. The third-order valence-corrected chi connectivity index (χ3v) is 3.60. The number of rotatable bonds is 4. The summed E-state index contributed by atoms with van der Waals surface area (Å²) in [6.45, 7) is 3.41. The van der Waals surface area contributed by atoms with E-state index in [1.807, 2.05) is 6.26 Å². The molecule has 1 aromatic rings. The lowest BCUT2D eigenvalue weighted by Crippen LogP contribution is -2.46. The lowest BCUT2D eigenvalue weighted by atomic mass is 10.1. The molecule has 0 unspecified atom stereocenters. The normalized spacial score (nSPS) is 11.5. The molecule has 0 saturated heterocycles. The predicted molar refractivity (Wildman–Crippen MR) is 62.5 cm³/mol. The van der Waals surface area contributed by atoms with Crippen LogP contribution in [0.3, 0.4) is 0 Å². The summed E-state index contributed by atoms with van der Waals surface area (Å²) >= 11 is 2.95. The van der Waals surface area contributed by atoms with E-state index in [1.54, 1.807) is 19.2 Å². The molecule has 0 aliphatic heterocycles. The van der Waals surface area contributed by atoms with Crippen LogP contribution in [0.4, 0.5) is 0 Å². The van der Waals surface area contributed by atoms with Gasteiger partial charge in [-0.05, 0) is 20.1 Å². The van der Waals surface area contributed by atoms with E-state index in [9.17, 15) is 4.79 Å². The molecule has 6 heteroatoms. The third kappa shape index (κ3) is 3.48. The van der Waals surface area contributed by atoms with Crippen molar-refractivity contribution in [3.05, 3.63) is 11.1 Å². The van der Waals surface area contributed by atoms with E-state index in [1.165, 1.54) is 23.1 Å². The van der Waals surface area contributed by atoms with E-state index >= 15 is 0 Å². The van der Waals surface area contributed by atoms with Crippen molar-refractivity contribution in [3.8, 4) is 0 Å². The first kappa shape index (κ1) is 12.5. The Hall–Kier alpha value is -0.590. The summed E-state index contributed by atoms with van der Waals surface area (Å²) < 4.78 is 0.863. The largest absolute Gasteiger partial charge is 0.394 e. The summed E-state index contributed by atoms with van der Waals surface area (Å²) in [5.74, 6) is -0.245. The van der Waals surface area contributed by atoms with Gasteiger partial charge in [-0.3, -0.25) is 4.79 Å². The molecule has 0 saturated carbocycles. The highest BCUT2D eigenvalue weighted by Gasteiger charge is 2.21. The third-order valence-electron chi connectivity index (χ3n) is 1.74. The number of thiazole rings is 1. The number of aliphatic hydroxyl groups is 1. The van der Waals surface area contributed by atoms with Crippen LogP contribution in [0.5, 0.6) is 0 Å². The Balaban J connectivity index is 2.69. The van der Waals surface area contributed by atoms with Gasteiger partial charge in [0.25, 0.3) is 5.91 Å². The van der Waals surface area contributed by atoms with Crippen molar-refractivity contribution >= 4 is 29.0 Å². The van der Waals surface area contributed by atoms with Gasteiger partial charge in [-0.1, -0.05) is 11.8 Å². The predicted octanol–water partition coefficient (Wildman–Crippen LogP) is 1.37. The summed E-state index contributed by atoms with van der Waals surface area (Å²) in [4.78, 5) is 15.8. The molecule has 15 heavy (non-hydrogen) atoms. The molecule has 0 bridgehead atoms. The summed E-state index contributed by atoms with van der Waals surface area (Å²) in [5.41, 5.74) is -0.203. The molecule has 1 heterocycles. The summed E-state index contributed by atoms with van der Waals surface area (Å²) in [7, 11) is 0. The second kappa shape index (κ2) is 4.96. The minimum absolute atomic E-state index is 0.0989. The Kier molecular flexibility index (Phi) is 4.12. The molecule has 0 spiro atoms. The number of hydrogen-bond acceptors (Lipinski definition) is 5. The smallest absolute Gasteiger partial charge is 0.271 e. The maximum Gasteiger partial charge on any atom is 0.271 e. The molecule has 1 aromatic heterocycles. The highest BCUT2D eigenvalue weighted by Crippen LogP contribution is 2.19. The topological polar surface area (TPSA) is 62.2 Å². The van der Waals surface area contributed by atoms with Crippen LogP contribution in [0.1, 0.15) is 24.3 Å². The summed E-state index contributed by atoms with van der Waals surface area (Å²) in [5, 5.41) is 13.4. The Morgan fingerprint density at radius 3 is 2.87 bits per heavy atom. The van der Waals surface area contributed by atoms with Crippen molar-refractivity contribution < 1.29 is 9.90 Å². The van der Waals surface area contributed by atoms with Gasteiger partial charge < -0.3 is 10.4 Å². The van der Waals surface area contributed by atoms with Crippen molar-refractivity contribution in [2.24, 2.45) is 0 Å². The quantitative estimate of drug-likeness (QED) is 0.788. The van der Waals surface area contributed by atoms with Crippen LogP contribution in [0, 0.1) is 0 Å². The molecule has 2 N–H and O–H groups in total. The van der Waals surface area contributed by atoms with Gasteiger partial charge in [0, 0.05) is 5.38 Å². The van der Waals surface area contributed by atoms with E-state index in [-0.39, 0.29) is 12.5 Å². The molecule has 0 radical (unpaired) electrons. The average molecular weight is 246 g/mol. The number of hydrogen-bond donors (Lipinski definition) is 2. The molecule has 0 atom stereocenters. The first-order valence-electron chi connectivity index (χ1n) is 4.41. The van der Waals surface area contributed by atoms with E-state index in [2.05, 4.69) is 10.3 Å². The second-order valence-corrected chi connectivity index (χ2v) is 5.61. The van der Waals surface area contributed by atoms with Gasteiger partial charge in [0.15, 0.2) is 0 Å². The SMILES string of the molecule is CSc1nc(C(=O)NC(C)(C)CO)cs1. The van der Waals surface area contributed by atoms with Crippen LogP contribution in [0.2, 0.25) is 0 Å². The first-order valence-corrected chi connectivity index (χ1v) is 6.52. The van der Waals surface area contributed by atoms with Crippen LogP contribution in [0.15, 0.2) is 9.72 Å². The van der Waals surface area contributed by atoms with Gasteiger partial charge >= 0.3 is 0 Å². The average Bonchev–Trinajstić information content (AvgIpc) is 2.65. The number of nitrogens with one attached hydrogen (secondary N) is 1. The van der Waals surface area contributed by atoms with Crippen LogP contribution in [-0.4, -0.2) is 34.4 Å². The maximum atomic E-state index is 11.7. The standard InChI is InChI=1S/C9H14N2O2S2/c1-9(2,5-12)11-7(13)6-4-15-8(10-6)14-3/h4,12H,5H2,1-3H3,(H,11,13). The van der Waals surface area contributed by atoms with E-state index in [4.69, 9.17) is 5.11 Å². The van der Waals surface area contributed by atoms with Gasteiger partial charge in [-0.25, -0.2) is 4.98 Å². The minimum atomic E-state index is -0.611. The Labute approximate surface area is 97.1 Å². The zero-order valence-corrected chi connectivity index (χ0v) is 10.5. The molecule has 0 aliphatic rings. The van der Waals surface area contributed by atoms with Crippen molar-refractivity contribution in [3.63, 3.8) is 0 Å². The monoisotopic (exact) mass is 246 g/mol.